The molecular formula is C28H34N4O4. The number of likely N-dealkylation sites (tertiary alicyclic amines) is 1. The molecule has 5 rings (SSSR count). The van der Waals surface area contributed by atoms with E-state index >= 15 is 0 Å². The fraction of sp³-hybridized carbons (Fsp3) is 0.464. The summed E-state index contributed by atoms with van der Waals surface area (Å²) in [6, 6.07) is 13.1. The molecule has 1 spiro atoms. The van der Waals surface area contributed by atoms with Crippen molar-refractivity contribution in [3.63, 3.8) is 0 Å². The largest absolute Gasteiger partial charge is 0.492 e. The summed E-state index contributed by atoms with van der Waals surface area (Å²) in [5.41, 5.74) is 2.94. The molecule has 1 saturated heterocycles. The average molecular weight is 491 g/mol. The van der Waals surface area contributed by atoms with Crippen LogP contribution in [-0.4, -0.2) is 78.1 Å². The van der Waals surface area contributed by atoms with Gasteiger partial charge in [0.25, 0.3) is 11.8 Å². The van der Waals surface area contributed by atoms with Crippen molar-refractivity contribution in [1.82, 2.24) is 19.8 Å². The molecule has 8 nitrogen and oxygen atoms in total. The first-order valence-corrected chi connectivity index (χ1v) is 12.8. The maximum absolute atomic E-state index is 13.2. The van der Waals surface area contributed by atoms with Gasteiger partial charge in [-0.3, -0.25) is 9.59 Å². The Morgan fingerprint density at radius 1 is 1.03 bits per heavy atom. The number of H-pyrrole nitrogens is 1. The van der Waals surface area contributed by atoms with Gasteiger partial charge in [-0.05, 0) is 56.0 Å². The van der Waals surface area contributed by atoms with Crippen molar-refractivity contribution < 1.29 is 19.1 Å². The zero-order valence-electron chi connectivity index (χ0n) is 20.9. The zero-order chi connectivity index (χ0) is 25.0. The van der Waals surface area contributed by atoms with Crippen LogP contribution in [-0.2, 0) is 4.74 Å². The van der Waals surface area contributed by atoms with Crippen LogP contribution in [0.5, 0.6) is 5.75 Å². The van der Waals surface area contributed by atoms with Crippen molar-refractivity contribution in [2.24, 2.45) is 5.41 Å². The van der Waals surface area contributed by atoms with E-state index < -0.39 is 0 Å². The van der Waals surface area contributed by atoms with Crippen LogP contribution in [0.2, 0.25) is 0 Å². The number of amides is 2. The number of imidazole rings is 1. The first kappa shape index (κ1) is 24.3. The first-order chi connectivity index (χ1) is 17.5. The number of ether oxygens (including phenoxy) is 2. The van der Waals surface area contributed by atoms with Gasteiger partial charge in [0.05, 0.1) is 36.1 Å². The lowest BCUT2D eigenvalue weighted by molar-refractivity contribution is 0.0329. The highest BCUT2D eigenvalue weighted by molar-refractivity contribution is 5.97. The molecule has 3 heterocycles. The Labute approximate surface area is 211 Å². The Balaban J connectivity index is 1.30. The summed E-state index contributed by atoms with van der Waals surface area (Å²) in [4.78, 5) is 37.2. The number of benzene rings is 2. The summed E-state index contributed by atoms with van der Waals surface area (Å²) < 4.78 is 12.2. The highest BCUT2D eigenvalue weighted by atomic mass is 16.5. The van der Waals surface area contributed by atoms with Crippen molar-refractivity contribution in [3.05, 3.63) is 59.9 Å². The number of hydrogen-bond acceptors (Lipinski definition) is 5. The quantitative estimate of drug-likeness (QED) is 0.554. The van der Waals surface area contributed by atoms with Gasteiger partial charge in [0, 0.05) is 44.3 Å². The van der Waals surface area contributed by atoms with Crippen LogP contribution in [0.25, 0.3) is 11.0 Å². The minimum atomic E-state index is -0.0602. The maximum atomic E-state index is 13.2. The molecule has 2 aliphatic rings. The monoisotopic (exact) mass is 490 g/mol. The van der Waals surface area contributed by atoms with E-state index in [2.05, 4.69) is 9.97 Å². The highest BCUT2D eigenvalue weighted by Crippen LogP contribution is 2.38. The lowest BCUT2D eigenvalue weighted by Crippen LogP contribution is -2.45. The third-order valence-electron chi connectivity index (χ3n) is 7.59. The molecule has 1 N–H and O–H groups in total. The van der Waals surface area contributed by atoms with E-state index in [1.165, 1.54) is 0 Å². The number of carbonyl (C=O) groups excluding carboxylic acids is 2. The zero-order valence-corrected chi connectivity index (χ0v) is 20.9. The van der Waals surface area contributed by atoms with E-state index in [9.17, 15) is 9.59 Å². The van der Waals surface area contributed by atoms with Gasteiger partial charge in [0.2, 0.25) is 0 Å². The number of hydrogen-bond donors (Lipinski definition) is 1. The Hall–Kier alpha value is -3.39. The molecule has 190 valence electrons. The molecule has 0 aliphatic carbocycles. The van der Waals surface area contributed by atoms with E-state index in [-0.39, 0.29) is 17.2 Å². The third kappa shape index (κ3) is 5.23. The summed E-state index contributed by atoms with van der Waals surface area (Å²) in [6.07, 6.45) is 6.40. The van der Waals surface area contributed by atoms with E-state index in [0.717, 1.165) is 43.1 Å². The summed E-state index contributed by atoms with van der Waals surface area (Å²) in [7, 11) is 1.80. The molecule has 2 amide bonds. The summed E-state index contributed by atoms with van der Waals surface area (Å²) in [6.45, 7) is 3.67. The van der Waals surface area contributed by atoms with Crippen molar-refractivity contribution in [2.45, 2.75) is 32.1 Å². The second-order valence-electron chi connectivity index (χ2n) is 10.0. The fourth-order valence-corrected chi connectivity index (χ4v) is 5.22. The molecule has 0 radical (unpaired) electrons. The number of aromatic nitrogens is 2. The van der Waals surface area contributed by atoms with E-state index in [1.54, 1.807) is 18.3 Å². The number of fused-ring (bicyclic) bond motifs is 2. The molecule has 3 aromatic rings. The Morgan fingerprint density at radius 2 is 1.86 bits per heavy atom. The van der Waals surface area contributed by atoms with Gasteiger partial charge in [-0.15, -0.1) is 0 Å². The number of rotatable bonds is 1. The Bertz CT molecular complexity index is 1210. The molecule has 2 aromatic carbocycles. The number of carbonyl (C=O) groups is 2. The van der Waals surface area contributed by atoms with Crippen LogP contribution in [0.1, 0.15) is 52.8 Å². The Morgan fingerprint density at radius 3 is 2.72 bits per heavy atom. The van der Waals surface area contributed by atoms with Gasteiger partial charge in [0.1, 0.15) is 5.75 Å². The lowest BCUT2D eigenvalue weighted by Gasteiger charge is -2.42. The van der Waals surface area contributed by atoms with Crippen LogP contribution in [0.15, 0.2) is 48.8 Å². The average Bonchev–Trinajstić information content (AvgIpc) is 3.39. The second-order valence-corrected chi connectivity index (χ2v) is 10.0. The summed E-state index contributed by atoms with van der Waals surface area (Å²) >= 11 is 0. The Kier molecular flexibility index (Phi) is 7.23. The van der Waals surface area contributed by atoms with Crippen LogP contribution < -0.4 is 4.74 Å². The molecule has 0 atom stereocenters. The van der Waals surface area contributed by atoms with Gasteiger partial charge in [-0.25, -0.2) is 4.98 Å². The van der Waals surface area contributed by atoms with Gasteiger partial charge < -0.3 is 24.3 Å². The third-order valence-corrected chi connectivity index (χ3v) is 7.59. The molecule has 8 heteroatoms. The predicted molar refractivity (Wildman–Crippen MR) is 137 cm³/mol. The topological polar surface area (TPSA) is 87.8 Å². The van der Waals surface area contributed by atoms with Crippen molar-refractivity contribution in [3.8, 4) is 5.75 Å². The van der Waals surface area contributed by atoms with Crippen LogP contribution in [0.3, 0.4) is 0 Å². The second kappa shape index (κ2) is 10.7. The van der Waals surface area contributed by atoms with Gasteiger partial charge >= 0.3 is 0 Å². The maximum Gasteiger partial charge on any atom is 0.257 e. The van der Waals surface area contributed by atoms with Crippen molar-refractivity contribution >= 4 is 22.8 Å². The number of para-hydroxylation sites is 1. The van der Waals surface area contributed by atoms with E-state index in [4.69, 9.17) is 9.47 Å². The molecule has 0 bridgehead atoms. The van der Waals surface area contributed by atoms with E-state index in [1.807, 2.05) is 47.4 Å². The molecule has 0 unspecified atom stereocenters. The molecule has 1 fully saturated rings. The van der Waals surface area contributed by atoms with Crippen molar-refractivity contribution in [1.29, 1.82) is 0 Å². The predicted octanol–water partition coefficient (Wildman–Crippen LogP) is 4.14. The molecule has 36 heavy (non-hydrogen) atoms. The molecule has 2 aliphatic heterocycles. The number of piperidine rings is 1. The smallest absolute Gasteiger partial charge is 0.257 e. The normalized spacial score (nSPS) is 19.5. The highest BCUT2D eigenvalue weighted by Gasteiger charge is 2.37. The molecular weight excluding hydrogens is 456 g/mol. The number of likely N-dealkylation sites (N-methyl/N-ethyl adjacent to an activating group) is 1. The SMILES string of the molecule is CN1CCOCCCCC2(CCN(C(=O)c3ccc4nc[nH]c4c3)CC2)COc2ccccc2C1=O. The van der Waals surface area contributed by atoms with Crippen LogP contribution >= 0.6 is 0 Å². The first-order valence-electron chi connectivity index (χ1n) is 12.8. The summed E-state index contributed by atoms with van der Waals surface area (Å²) in [5.74, 6) is 0.614. The van der Waals surface area contributed by atoms with E-state index in [0.29, 0.717) is 56.3 Å². The standard InChI is InChI=1S/C28H34N4O4/c1-31-15-17-35-16-5-4-10-28(19-36-25-7-3-2-6-22(25)27(31)34)11-13-32(14-12-28)26(33)21-8-9-23-24(18-21)30-20-29-23/h2-3,6-9,18,20H,4-5,10-17,19H2,1H3,(H,29,30). The molecule has 1 aromatic heterocycles. The van der Waals surface area contributed by atoms with Crippen LogP contribution in [0.4, 0.5) is 0 Å². The number of aromatic amines is 1. The van der Waals surface area contributed by atoms with Crippen LogP contribution in [0, 0.1) is 5.41 Å². The van der Waals surface area contributed by atoms with Gasteiger partial charge in [0.15, 0.2) is 0 Å². The minimum Gasteiger partial charge on any atom is -0.492 e. The number of nitrogens with one attached hydrogen (secondary N) is 1. The van der Waals surface area contributed by atoms with Gasteiger partial charge in [-0.1, -0.05) is 18.6 Å². The lowest BCUT2D eigenvalue weighted by atomic mass is 9.75. The van der Waals surface area contributed by atoms with Crippen molar-refractivity contribution in [2.75, 3.05) is 46.5 Å². The molecule has 0 saturated carbocycles. The summed E-state index contributed by atoms with van der Waals surface area (Å²) in [5, 5.41) is 0. The fourth-order valence-electron chi connectivity index (χ4n) is 5.22. The minimum absolute atomic E-state index is 0.0453. The van der Waals surface area contributed by atoms with Gasteiger partial charge in [-0.2, -0.15) is 0 Å². The number of nitrogens with zero attached hydrogens (tertiary/aromatic N) is 3.